The lowest BCUT2D eigenvalue weighted by atomic mass is 9.98. The van der Waals surface area contributed by atoms with Crippen LogP contribution in [-0.2, 0) is 0 Å². The van der Waals surface area contributed by atoms with Crippen LogP contribution >= 0.6 is 0 Å². The van der Waals surface area contributed by atoms with Gasteiger partial charge in [0.05, 0.1) is 12.2 Å². The van der Waals surface area contributed by atoms with Gasteiger partial charge in [0.2, 0.25) is 0 Å². The normalized spacial score (nSPS) is 9.95. The van der Waals surface area contributed by atoms with Crippen molar-refractivity contribution in [2.24, 2.45) is 0 Å². The Morgan fingerprint density at radius 2 is 2.00 bits per heavy atom. The fourth-order valence-corrected chi connectivity index (χ4v) is 2.01. The van der Waals surface area contributed by atoms with Crippen molar-refractivity contribution in [2.45, 2.75) is 13.8 Å². The molecule has 3 heteroatoms. The summed E-state index contributed by atoms with van der Waals surface area (Å²) in [6.07, 6.45) is 0. The van der Waals surface area contributed by atoms with E-state index >= 15 is 0 Å². The molecule has 0 amide bonds. The van der Waals surface area contributed by atoms with Crippen LogP contribution in [0.2, 0.25) is 0 Å². The molecule has 0 aliphatic heterocycles. The van der Waals surface area contributed by atoms with Crippen molar-refractivity contribution in [1.82, 2.24) is 0 Å². The second-order valence-corrected chi connectivity index (χ2v) is 4.25. The van der Waals surface area contributed by atoms with Crippen LogP contribution in [0.3, 0.4) is 0 Å². The number of phenols is 1. The van der Waals surface area contributed by atoms with Crippen LogP contribution in [0.5, 0.6) is 11.5 Å². The summed E-state index contributed by atoms with van der Waals surface area (Å²) in [7, 11) is 0. The van der Waals surface area contributed by atoms with Gasteiger partial charge in [0.15, 0.2) is 0 Å². The molecule has 0 unspecified atom stereocenters. The first-order chi connectivity index (χ1) is 9.15. The second kappa shape index (κ2) is 5.45. The molecule has 2 aromatic rings. The fraction of sp³-hybridized carbons (Fsp3) is 0.188. The summed E-state index contributed by atoms with van der Waals surface area (Å²) < 4.78 is 5.45. The molecule has 96 valence electrons. The standard InChI is InChI=1S/C16H15NO2/c1-3-19-14-5-6-15(11(2)8-14)12-4-7-16(18)13(9-12)10-17/h4-9,18H,3H2,1-2H3. The Balaban J connectivity index is 2.45. The third kappa shape index (κ3) is 2.69. The predicted octanol–water partition coefficient (Wildman–Crippen LogP) is 3.64. The first-order valence-corrected chi connectivity index (χ1v) is 6.12. The monoisotopic (exact) mass is 253 g/mol. The molecular formula is C16H15NO2. The third-order valence-corrected chi connectivity index (χ3v) is 2.94. The Kier molecular flexibility index (Phi) is 3.72. The van der Waals surface area contributed by atoms with E-state index in [4.69, 9.17) is 10.00 Å². The summed E-state index contributed by atoms with van der Waals surface area (Å²) in [5, 5.41) is 18.5. The van der Waals surface area contributed by atoms with E-state index in [9.17, 15) is 5.11 Å². The number of nitriles is 1. The minimum atomic E-state index is 0.00911. The molecule has 0 spiro atoms. The summed E-state index contributed by atoms with van der Waals surface area (Å²) in [5.41, 5.74) is 3.29. The highest BCUT2D eigenvalue weighted by Gasteiger charge is 2.07. The van der Waals surface area contributed by atoms with Crippen molar-refractivity contribution in [2.75, 3.05) is 6.61 Å². The lowest BCUT2D eigenvalue weighted by Gasteiger charge is -2.10. The Bertz CT molecular complexity index is 642. The number of aromatic hydroxyl groups is 1. The summed E-state index contributed by atoms with van der Waals surface area (Å²) in [6.45, 7) is 4.58. The smallest absolute Gasteiger partial charge is 0.133 e. The zero-order valence-electron chi connectivity index (χ0n) is 11.0. The summed E-state index contributed by atoms with van der Waals surface area (Å²) in [5.74, 6) is 0.845. The highest BCUT2D eigenvalue weighted by atomic mass is 16.5. The molecule has 19 heavy (non-hydrogen) atoms. The molecule has 0 aromatic heterocycles. The Morgan fingerprint density at radius 3 is 2.63 bits per heavy atom. The van der Waals surface area contributed by atoms with Crippen LogP contribution in [-0.4, -0.2) is 11.7 Å². The Morgan fingerprint density at radius 1 is 1.21 bits per heavy atom. The van der Waals surface area contributed by atoms with Crippen LogP contribution in [0.4, 0.5) is 0 Å². The first-order valence-electron chi connectivity index (χ1n) is 6.12. The van der Waals surface area contributed by atoms with E-state index in [0.717, 1.165) is 22.4 Å². The van der Waals surface area contributed by atoms with E-state index in [-0.39, 0.29) is 11.3 Å². The van der Waals surface area contributed by atoms with Gasteiger partial charge in [-0.15, -0.1) is 0 Å². The molecule has 0 radical (unpaired) electrons. The highest BCUT2D eigenvalue weighted by molar-refractivity contribution is 5.70. The number of ether oxygens (including phenoxy) is 1. The SMILES string of the molecule is CCOc1ccc(-c2ccc(O)c(C#N)c2)c(C)c1. The van der Waals surface area contributed by atoms with E-state index in [1.165, 1.54) is 0 Å². The number of nitrogens with zero attached hydrogens (tertiary/aromatic N) is 1. The number of rotatable bonds is 3. The number of hydrogen-bond donors (Lipinski definition) is 1. The van der Waals surface area contributed by atoms with Gasteiger partial charge in [0.25, 0.3) is 0 Å². The molecular weight excluding hydrogens is 238 g/mol. The van der Waals surface area contributed by atoms with Gasteiger partial charge in [0, 0.05) is 0 Å². The Labute approximate surface area is 112 Å². The number of phenolic OH excluding ortho intramolecular Hbond substituents is 1. The van der Waals surface area contributed by atoms with Crippen LogP contribution in [0.25, 0.3) is 11.1 Å². The predicted molar refractivity (Wildman–Crippen MR) is 74.2 cm³/mol. The fourth-order valence-electron chi connectivity index (χ4n) is 2.01. The van der Waals surface area contributed by atoms with E-state index in [1.807, 2.05) is 38.1 Å². The molecule has 1 N–H and O–H groups in total. The molecule has 0 atom stereocenters. The molecule has 0 saturated carbocycles. The Hall–Kier alpha value is -2.47. The van der Waals surface area contributed by atoms with E-state index in [1.54, 1.807) is 18.2 Å². The van der Waals surface area contributed by atoms with Gasteiger partial charge in [-0.1, -0.05) is 12.1 Å². The molecule has 2 rings (SSSR count). The van der Waals surface area contributed by atoms with Crippen LogP contribution in [0, 0.1) is 18.3 Å². The van der Waals surface area contributed by atoms with Crippen molar-refractivity contribution >= 4 is 0 Å². The molecule has 0 saturated heterocycles. The topological polar surface area (TPSA) is 53.2 Å². The quantitative estimate of drug-likeness (QED) is 0.908. The lowest BCUT2D eigenvalue weighted by Crippen LogP contribution is -1.92. The van der Waals surface area contributed by atoms with Gasteiger partial charge in [-0.05, 0) is 54.8 Å². The average Bonchev–Trinajstić information content (AvgIpc) is 2.40. The maximum absolute atomic E-state index is 9.52. The molecule has 0 heterocycles. The minimum absolute atomic E-state index is 0.00911. The molecule has 3 nitrogen and oxygen atoms in total. The van der Waals surface area contributed by atoms with Crippen molar-refractivity contribution in [3.63, 3.8) is 0 Å². The van der Waals surface area contributed by atoms with Gasteiger partial charge in [-0.25, -0.2) is 0 Å². The third-order valence-electron chi connectivity index (χ3n) is 2.94. The van der Waals surface area contributed by atoms with Crippen molar-refractivity contribution in [3.05, 3.63) is 47.5 Å². The van der Waals surface area contributed by atoms with E-state index in [2.05, 4.69) is 0 Å². The molecule has 0 aliphatic carbocycles. The molecule has 2 aromatic carbocycles. The maximum atomic E-state index is 9.52. The zero-order valence-corrected chi connectivity index (χ0v) is 11.0. The molecule has 0 aliphatic rings. The van der Waals surface area contributed by atoms with E-state index < -0.39 is 0 Å². The number of aryl methyl sites for hydroxylation is 1. The number of benzene rings is 2. The molecule has 0 bridgehead atoms. The average molecular weight is 253 g/mol. The van der Waals surface area contributed by atoms with Gasteiger partial charge in [-0.2, -0.15) is 5.26 Å². The minimum Gasteiger partial charge on any atom is -0.507 e. The van der Waals surface area contributed by atoms with E-state index in [0.29, 0.717) is 6.61 Å². The van der Waals surface area contributed by atoms with Gasteiger partial charge in [-0.3, -0.25) is 0 Å². The van der Waals surface area contributed by atoms with Gasteiger partial charge < -0.3 is 9.84 Å². The van der Waals surface area contributed by atoms with Crippen LogP contribution in [0.15, 0.2) is 36.4 Å². The maximum Gasteiger partial charge on any atom is 0.133 e. The lowest BCUT2D eigenvalue weighted by molar-refractivity contribution is 0.340. The van der Waals surface area contributed by atoms with Crippen LogP contribution < -0.4 is 4.74 Å². The van der Waals surface area contributed by atoms with Gasteiger partial charge >= 0.3 is 0 Å². The largest absolute Gasteiger partial charge is 0.507 e. The second-order valence-electron chi connectivity index (χ2n) is 4.25. The van der Waals surface area contributed by atoms with Crippen molar-refractivity contribution < 1.29 is 9.84 Å². The molecule has 0 fully saturated rings. The summed E-state index contributed by atoms with van der Waals surface area (Å²) in [6, 6.07) is 12.9. The zero-order chi connectivity index (χ0) is 13.8. The summed E-state index contributed by atoms with van der Waals surface area (Å²) >= 11 is 0. The first kappa shape index (κ1) is 13.0. The van der Waals surface area contributed by atoms with Crippen molar-refractivity contribution in [3.8, 4) is 28.7 Å². The van der Waals surface area contributed by atoms with Gasteiger partial charge in [0.1, 0.15) is 17.6 Å². The number of hydrogen-bond acceptors (Lipinski definition) is 3. The van der Waals surface area contributed by atoms with Crippen LogP contribution in [0.1, 0.15) is 18.1 Å². The summed E-state index contributed by atoms with van der Waals surface area (Å²) in [4.78, 5) is 0. The van der Waals surface area contributed by atoms with Crippen molar-refractivity contribution in [1.29, 1.82) is 5.26 Å². The highest BCUT2D eigenvalue weighted by Crippen LogP contribution is 2.30.